The number of aromatic nitrogens is 1. The van der Waals surface area contributed by atoms with E-state index in [2.05, 4.69) is 10.3 Å². The molecule has 0 spiro atoms. The number of hydrogen-bond donors (Lipinski definition) is 1. The third-order valence-corrected chi connectivity index (χ3v) is 3.00. The van der Waals surface area contributed by atoms with Gasteiger partial charge >= 0.3 is 0 Å². The molecule has 0 aliphatic heterocycles. The summed E-state index contributed by atoms with van der Waals surface area (Å²) in [6.45, 7) is 2.69. The van der Waals surface area contributed by atoms with Crippen molar-refractivity contribution in [3.8, 4) is 5.75 Å². The summed E-state index contributed by atoms with van der Waals surface area (Å²) in [5.41, 5.74) is 3.09. The zero-order valence-electron chi connectivity index (χ0n) is 10.4. The van der Waals surface area contributed by atoms with Crippen molar-refractivity contribution < 1.29 is 4.74 Å². The Morgan fingerprint density at radius 3 is 2.89 bits per heavy atom. The van der Waals surface area contributed by atoms with Crippen molar-refractivity contribution in [1.29, 1.82) is 0 Å². The lowest BCUT2D eigenvalue weighted by atomic mass is 10.2. The molecular weight excluding hydrogens is 248 g/mol. The van der Waals surface area contributed by atoms with E-state index in [1.807, 2.05) is 37.3 Å². The van der Waals surface area contributed by atoms with Crippen LogP contribution in [-0.2, 0) is 6.54 Å². The molecule has 0 saturated carbocycles. The van der Waals surface area contributed by atoms with Gasteiger partial charge < -0.3 is 10.1 Å². The number of ether oxygens (including phenoxy) is 1. The minimum absolute atomic E-state index is 0.498. The number of hydrogen-bond acceptors (Lipinski definition) is 3. The normalized spacial score (nSPS) is 10.2. The van der Waals surface area contributed by atoms with Crippen LogP contribution < -0.4 is 10.1 Å². The molecule has 0 atom stereocenters. The maximum atomic E-state index is 6.06. The van der Waals surface area contributed by atoms with E-state index in [1.165, 1.54) is 0 Å². The summed E-state index contributed by atoms with van der Waals surface area (Å²) in [6.07, 6.45) is 1.70. The summed E-state index contributed by atoms with van der Waals surface area (Å²) < 4.78 is 5.19. The minimum Gasteiger partial charge on any atom is -0.497 e. The molecule has 4 heteroatoms. The van der Waals surface area contributed by atoms with E-state index in [0.717, 1.165) is 22.6 Å². The van der Waals surface area contributed by atoms with Crippen molar-refractivity contribution in [3.05, 3.63) is 52.8 Å². The lowest BCUT2D eigenvalue weighted by Gasteiger charge is -2.11. The third kappa shape index (κ3) is 2.93. The fourth-order valence-corrected chi connectivity index (χ4v) is 1.98. The topological polar surface area (TPSA) is 34.1 Å². The van der Waals surface area contributed by atoms with Crippen molar-refractivity contribution >= 4 is 17.3 Å². The number of benzene rings is 1. The Kier molecular flexibility index (Phi) is 4.05. The van der Waals surface area contributed by atoms with Crippen LogP contribution in [0.2, 0.25) is 5.15 Å². The van der Waals surface area contributed by atoms with E-state index in [1.54, 1.807) is 13.3 Å². The molecule has 0 aliphatic rings. The van der Waals surface area contributed by atoms with Crippen molar-refractivity contribution in [2.24, 2.45) is 0 Å². The smallest absolute Gasteiger partial charge is 0.152 e. The minimum atomic E-state index is 0.498. The fraction of sp³-hybridized carbons (Fsp3) is 0.214. The maximum absolute atomic E-state index is 6.06. The van der Waals surface area contributed by atoms with Crippen LogP contribution in [0.5, 0.6) is 5.75 Å². The van der Waals surface area contributed by atoms with Crippen LogP contribution in [0.25, 0.3) is 0 Å². The molecular formula is C14H15ClN2O. The van der Waals surface area contributed by atoms with Crippen molar-refractivity contribution in [1.82, 2.24) is 4.98 Å². The summed E-state index contributed by atoms with van der Waals surface area (Å²) in [5.74, 6) is 0.850. The monoisotopic (exact) mass is 262 g/mol. The highest BCUT2D eigenvalue weighted by Gasteiger charge is 2.04. The van der Waals surface area contributed by atoms with Gasteiger partial charge in [-0.05, 0) is 36.2 Å². The van der Waals surface area contributed by atoms with E-state index < -0.39 is 0 Å². The molecule has 0 bridgehead atoms. The average molecular weight is 263 g/mol. The average Bonchev–Trinajstić information content (AvgIpc) is 2.38. The Hall–Kier alpha value is -1.74. The van der Waals surface area contributed by atoms with Gasteiger partial charge in [0.05, 0.1) is 12.8 Å². The molecule has 1 aromatic carbocycles. The number of halogens is 1. The SMILES string of the molecule is COc1cccc(CNc2c(C)ccnc2Cl)c1. The molecule has 0 unspecified atom stereocenters. The standard InChI is InChI=1S/C14H15ClN2O/c1-10-6-7-16-14(15)13(10)17-9-11-4-3-5-12(8-11)18-2/h3-8,17H,9H2,1-2H3. The lowest BCUT2D eigenvalue weighted by Crippen LogP contribution is -2.02. The summed E-state index contributed by atoms with van der Waals surface area (Å²) in [6, 6.07) is 9.85. The quantitative estimate of drug-likeness (QED) is 0.854. The molecule has 0 radical (unpaired) electrons. The number of pyridine rings is 1. The third-order valence-electron chi connectivity index (χ3n) is 2.72. The number of nitrogens with zero attached hydrogens (tertiary/aromatic N) is 1. The highest BCUT2D eigenvalue weighted by molar-refractivity contribution is 6.32. The summed E-state index contributed by atoms with van der Waals surface area (Å²) in [5, 5.41) is 3.80. The van der Waals surface area contributed by atoms with Gasteiger partial charge in [-0.1, -0.05) is 23.7 Å². The molecule has 1 aromatic heterocycles. The molecule has 3 nitrogen and oxygen atoms in total. The van der Waals surface area contributed by atoms with Crippen LogP contribution in [0.15, 0.2) is 36.5 Å². The van der Waals surface area contributed by atoms with Gasteiger partial charge in [0.25, 0.3) is 0 Å². The molecule has 0 saturated heterocycles. The second-order valence-electron chi connectivity index (χ2n) is 4.00. The van der Waals surface area contributed by atoms with Crippen LogP contribution in [0.4, 0.5) is 5.69 Å². The largest absolute Gasteiger partial charge is 0.497 e. The predicted octanol–water partition coefficient (Wildman–Crippen LogP) is 3.66. The molecule has 1 N–H and O–H groups in total. The molecule has 0 aliphatic carbocycles. The van der Waals surface area contributed by atoms with Gasteiger partial charge in [0.2, 0.25) is 0 Å². The Labute approximate surface area is 112 Å². The van der Waals surface area contributed by atoms with Crippen molar-refractivity contribution in [2.75, 3.05) is 12.4 Å². The molecule has 1 heterocycles. The Balaban J connectivity index is 2.11. The van der Waals surface area contributed by atoms with Gasteiger partial charge in [-0.3, -0.25) is 0 Å². The van der Waals surface area contributed by atoms with Gasteiger partial charge in [0.15, 0.2) is 5.15 Å². The van der Waals surface area contributed by atoms with E-state index in [4.69, 9.17) is 16.3 Å². The van der Waals surface area contributed by atoms with Crippen LogP contribution in [-0.4, -0.2) is 12.1 Å². The first kappa shape index (κ1) is 12.7. The van der Waals surface area contributed by atoms with Gasteiger partial charge in [-0.15, -0.1) is 0 Å². The van der Waals surface area contributed by atoms with Crippen LogP contribution >= 0.6 is 11.6 Å². The first-order chi connectivity index (χ1) is 8.70. The Morgan fingerprint density at radius 1 is 1.33 bits per heavy atom. The molecule has 2 aromatic rings. The van der Waals surface area contributed by atoms with Gasteiger partial charge in [-0.2, -0.15) is 0 Å². The number of rotatable bonds is 4. The van der Waals surface area contributed by atoms with E-state index >= 15 is 0 Å². The second-order valence-corrected chi connectivity index (χ2v) is 4.36. The first-order valence-electron chi connectivity index (χ1n) is 5.68. The zero-order chi connectivity index (χ0) is 13.0. The molecule has 18 heavy (non-hydrogen) atoms. The molecule has 94 valence electrons. The number of methoxy groups -OCH3 is 1. The van der Waals surface area contributed by atoms with Crippen molar-refractivity contribution in [2.45, 2.75) is 13.5 Å². The predicted molar refractivity (Wildman–Crippen MR) is 74.3 cm³/mol. The molecule has 0 amide bonds. The maximum Gasteiger partial charge on any atom is 0.152 e. The van der Waals surface area contributed by atoms with Crippen LogP contribution in [0.3, 0.4) is 0 Å². The number of aryl methyl sites for hydroxylation is 1. The fourth-order valence-electron chi connectivity index (χ4n) is 1.71. The highest BCUT2D eigenvalue weighted by Crippen LogP contribution is 2.23. The Bertz CT molecular complexity index is 523. The van der Waals surface area contributed by atoms with Crippen LogP contribution in [0, 0.1) is 6.92 Å². The van der Waals surface area contributed by atoms with Crippen molar-refractivity contribution in [3.63, 3.8) is 0 Å². The van der Waals surface area contributed by atoms with E-state index in [0.29, 0.717) is 11.7 Å². The van der Waals surface area contributed by atoms with Gasteiger partial charge in [0.1, 0.15) is 5.75 Å². The molecule has 2 rings (SSSR count). The summed E-state index contributed by atoms with van der Waals surface area (Å²) in [4.78, 5) is 4.06. The highest BCUT2D eigenvalue weighted by atomic mass is 35.5. The van der Waals surface area contributed by atoms with Gasteiger partial charge in [-0.25, -0.2) is 4.98 Å². The Morgan fingerprint density at radius 2 is 2.17 bits per heavy atom. The van der Waals surface area contributed by atoms with Crippen LogP contribution in [0.1, 0.15) is 11.1 Å². The summed E-state index contributed by atoms with van der Waals surface area (Å²) >= 11 is 6.06. The number of anilines is 1. The van der Waals surface area contributed by atoms with E-state index in [9.17, 15) is 0 Å². The number of nitrogens with one attached hydrogen (secondary N) is 1. The van der Waals surface area contributed by atoms with Gasteiger partial charge in [0, 0.05) is 12.7 Å². The summed E-state index contributed by atoms with van der Waals surface area (Å²) in [7, 11) is 1.66. The lowest BCUT2D eigenvalue weighted by molar-refractivity contribution is 0.414. The zero-order valence-corrected chi connectivity index (χ0v) is 11.2. The molecule has 0 fully saturated rings. The van der Waals surface area contributed by atoms with E-state index in [-0.39, 0.29) is 0 Å². The first-order valence-corrected chi connectivity index (χ1v) is 6.06. The second kappa shape index (κ2) is 5.74.